The number of hydrogen-bond donors (Lipinski definition) is 3. The third kappa shape index (κ3) is 5.13. The van der Waals surface area contributed by atoms with Crippen LogP contribution in [0.2, 0.25) is 5.02 Å². The lowest BCUT2D eigenvalue weighted by molar-refractivity contribution is -0.220. The van der Waals surface area contributed by atoms with Crippen LogP contribution in [-0.2, 0) is 25.7 Å². The number of carboxylic acid groups (broad SMARTS) is 1. The van der Waals surface area contributed by atoms with Crippen LogP contribution in [0.25, 0.3) is 0 Å². The molecular weight excluding hydrogens is 674 g/mol. The van der Waals surface area contributed by atoms with E-state index in [1.165, 1.54) is 5.57 Å². The Bertz CT molecular complexity index is 1700. The number of nitrogens with one attached hydrogen (secondary N) is 1. The van der Waals surface area contributed by atoms with E-state index in [4.69, 9.17) is 16.3 Å². The molecule has 3 N–H and O–H groups in total. The third-order valence-corrected chi connectivity index (χ3v) is 17.5. The number of benzene rings is 1. The fourth-order valence-corrected chi connectivity index (χ4v) is 14.1. The lowest BCUT2D eigenvalue weighted by atomic mass is 9.33. The van der Waals surface area contributed by atoms with E-state index >= 15 is 0 Å². The van der Waals surface area contributed by atoms with Crippen molar-refractivity contribution >= 4 is 29.3 Å². The van der Waals surface area contributed by atoms with Gasteiger partial charge in [0.25, 0.3) is 0 Å². The maximum absolute atomic E-state index is 14.0. The molecule has 5 fully saturated rings. The summed E-state index contributed by atoms with van der Waals surface area (Å²) in [6, 6.07) is 7.80. The molecule has 6 aliphatic carbocycles. The van der Waals surface area contributed by atoms with Gasteiger partial charge in [-0.3, -0.25) is 14.4 Å². The van der Waals surface area contributed by atoms with Gasteiger partial charge in [0.1, 0.15) is 6.10 Å². The summed E-state index contributed by atoms with van der Waals surface area (Å²) in [5.74, 6) is -0.279. The summed E-state index contributed by atoms with van der Waals surface area (Å²) in [4.78, 5) is 38.9. The fraction of sp³-hybridized carbons (Fsp3) is 0.750. The molecule has 5 saturated carbocycles. The van der Waals surface area contributed by atoms with Gasteiger partial charge in [0, 0.05) is 35.4 Å². The molecule has 0 amide bonds. The Morgan fingerprint density at radius 1 is 0.962 bits per heavy atom. The van der Waals surface area contributed by atoms with Crippen LogP contribution in [0.1, 0.15) is 132 Å². The molecular formula is C44H62ClNO6. The molecule has 1 aromatic rings. The molecule has 0 heterocycles. The summed E-state index contributed by atoms with van der Waals surface area (Å²) in [7, 11) is 0. The number of aliphatic hydroxyl groups is 1. The number of fused-ring (bicyclic) bond motifs is 6. The summed E-state index contributed by atoms with van der Waals surface area (Å²) in [6.45, 7) is 18.5. The van der Waals surface area contributed by atoms with E-state index in [0.29, 0.717) is 30.5 Å². The predicted molar refractivity (Wildman–Crippen MR) is 202 cm³/mol. The molecule has 0 saturated heterocycles. The Morgan fingerprint density at radius 2 is 1.65 bits per heavy atom. The topological polar surface area (TPSA) is 113 Å². The van der Waals surface area contributed by atoms with E-state index in [0.717, 1.165) is 68.9 Å². The van der Waals surface area contributed by atoms with Crippen LogP contribution >= 0.6 is 11.6 Å². The predicted octanol–water partition coefficient (Wildman–Crippen LogP) is 8.94. The molecule has 0 aliphatic heterocycles. The molecule has 6 aliphatic rings. The van der Waals surface area contributed by atoms with Crippen molar-refractivity contribution in [1.82, 2.24) is 5.32 Å². The maximum atomic E-state index is 14.0. The quantitative estimate of drug-likeness (QED) is 0.206. The number of hydrogen-bond acceptors (Lipinski definition) is 6. The number of carboxylic acids is 1. The molecule has 10 atom stereocenters. The molecule has 0 aromatic heterocycles. The first kappa shape index (κ1) is 38.1. The van der Waals surface area contributed by atoms with E-state index in [9.17, 15) is 24.6 Å². The van der Waals surface area contributed by atoms with Crippen LogP contribution in [-0.4, -0.2) is 46.7 Å². The number of aliphatic hydroxyl groups excluding tert-OH is 1. The number of ether oxygens (including phenoxy) is 1. The highest BCUT2D eigenvalue weighted by molar-refractivity contribution is 6.31. The highest BCUT2D eigenvalue weighted by Crippen LogP contribution is 2.87. The monoisotopic (exact) mass is 735 g/mol. The Morgan fingerprint density at radius 3 is 2.33 bits per heavy atom. The molecule has 0 radical (unpaired) electrons. The van der Waals surface area contributed by atoms with Crippen molar-refractivity contribution in [3.63, 3.8) is 0 Å². The normalized spacial score (nSPS) is 41.4. The number of ketones is 1. The number of halogens is 1. The van der Waals surface area contributed by atoms with E-state index in [1.54, 1.807) is 13.8 Å². The van der Waals surface area contributed by atoms with Crippen molar-refractivity contribution in [3.05, 3.63) is 46.0 Å². The van der Waals surface area contributed by atoms with Gasteiger partial charge in [0.05, 0.1) is 17.9 Å². The zero-order chi connectivity index (χ0) is 37.9. The van der Waals surface area contributed by atoms with E-state index in [-0.39, 0.29) is 57.2 Å². The lowest BCUT2D eigenvalue weighted by Crippen LogP contribution is -2.65. The summed E-state index contributed by atoms with van der Waals surface area (Å²) < 4.78 is 6.20. The van der Waals surface area contributed by atoms with Gasteiger partial charge in [-0.2, -0.15) is 0 Å². The SMILES string of the molecule is CC(C)C1=C2[C@H]3CC[C@@H]4[C@@]5(C)CC[C@H](OC(=O)CC(C)(C)C(=O)O)C6(C)C[C@]65CC[C@@]4(C)[C@]3(C)CC[C@@]2([C@H](O)CNCc2ccccc2Cl)CC1=O. The van der Waals surface area contributed by atoms with Crippen LogP contribution in [0.15, 0.2) is 35.4 Å². The van der Waals surface area contributed by atoms with Crippen molar-refractivity contribution in [2.24, 2.45) is 55.7 Å². The lowest BCUT2D eigenvalue weighted by Gasteiger charge is -2.71. The highest BCUT2D eigenvalue weighted by atomic mass is 35.5. The van der Waals surface area contributed by atoms with Gasteiger partial charge in [-0.25, -0.2) is 0 Å². The van der Waals surface area contributed by atoms with E-state index in [1.807, 2.05) is 24.3 Å². The van der Waals surface area contributed by atoms with Gasteiger partial charge in [-0.1, -0.05) is 76.9 Å². The maximum Gasteiger partial charge on any atom is 0.309 e. The molecule has 8 heteroatoms. The van der Waals surface area contributed by atoms with Crippen molar-refractivity contribution in [3.8, 4) is 0 Å². The van der Waals surface area contributed by atoms with Gasteiger partial charge >= 0.3 is 11.9 Å². The number of carbonyl (C=O) groups is 3. The first-order chi connectivity index (χ1) is 24.2. The minimum Gasteiger partial charge on any atom is -0.481 e. The first-order valence-electron chi connectivity index (χ1n) is 20.1. The average molecular weight is 736 g/mol. The number of aliphatic carboxylic acids is 1. The van der Waals surface area contributed by atoms with Gasteiger partial charge in [0.2, 0.25) is 0 Å². The molecule has 286 valence electrons. The van der Waals surface area contributed by atoms with Crippen molar-refractivity contribution in [2.75, 3.05) is 6.54 Å². The van der Waals surface area contributed by atoms with Crippen LogP contribution < -0.4 is 5.32 Å². The second-order valence-electron chi connectivity index (χ2n) is 20.0. The second-order valence-corrected chi connectivity index (χ2v) is 20.4. The third-order valence-electron chi connectivity index (χ3n) is 17.1. The highest BCUT2D eigenvalue weighted by Gasteiger charge is 2.82. The molecule has 7 nitrogen and oxygen atoms in total. The van der Waals surface area contributed by atoms with Gasteiger partial charge in [-0.05, 0) is 128 Å². The second kappa shape index (κ2) is 12.4. The van der Waals surface area contributed by atoms with Crippen LogP contribution in [0, 0.1) is 55.7 Å². The Kier molecular flexibility index (Phi) is 9.08. The first-order valence-corrected chi connectivity index (χ1v) is 20.4. The fourth-order valence-electron chi connectivity index (χ4n) is 13.9. The van der Waals surface area contributed by atoms with Gasteiger partial charge in [0.15, 0.2) is 5.78 Å². The van der Waals surface area contributed by atoms with Crippen molar-refractivity contribution in [1.29, 1.82) is 0 Å². The van der Waals surface area contributed by atoms with Gasteiger partial charge < -0.3 is 20.3 Å². The van der Waals surface area contributed by atoms with E-state index < -0.39 is 28.9 Å². The number of Topliss-reactive ketones (excluding diaryl/α,β-unsaturated/α-hetero) is 1. The summed E-state index contributed by atoms with van der Waals surface area (Å²) in [5.41, 5.74) is 1.75. The average Bonchev–Trinajstić information content (AvgIpc) is 3.59. The molecule has 0 bridgehead atoms. The number of carbonyl (C=O) groups excluding carboxylic acids is 2. The number of esters is 1. The van der Waals surface area contributed by atoms with Crippen molar-refractivity contribution in [2.45, 2.75) is 145 Å². The Balaban J connectivity index is 1.15. The smallest absolute Gasteiger partial charge is 0.309 e. The minimum atomic E-state index is -1.15. The van der Waals surface area contributed by atoms with Gasteiger partial charge in [-0.15, -0.1) is 0 Å². The standard InChI is InChI=1S/C44H62ClNO6/c1-26(2)35-30(47)21-43(32(48)24-46-23-27-11-9-10-12-29(27)45)19-17-39(5)28(36(35)43)13-14-31-40(39,6)18-20-44-25-42(44,8)33(15-16-41(31,44)7)52-34(49)22-38(3,4)37(50)51/h9-12,26,28,31-33,46,48H,13-25H2,1-8H3,(H,50,51)/t28-,31+,32-,33+,39-,40-,41-,42?,43+,44+/m1/s1. The minimum absolute atomic E-state index is 0.00807. The molecule has 7 rings (SSSR count). The molecule has 1 spiro atoms. The molecule has 1 unspecified atom stereocenters. The molecule has 1 aromatic carbocycles. The zero-order valence-electron chi connectivity index (χ0n) is 32.8. The van der Waals surface area contributed by atoms with Crippen LogP contribution in [0.3, 0.4) is 0 Å². The van der Waals surface area contributed by atoms with Crippen molar-refractivity contribution < 1.29 is 29.3 Å². The number of allylic oxidation sites excluding steroid dienone is 1. The summed E-state index contributed by atoms with van der Waals surface area (Å²) in [6.07, 6.45) is 8.45. The van der Waals surface area contributed by atoms with Crippen LogP contribution in [0.4, 0.5) is 0 Å². The van der Waals surface area contributed by atoms with E-state index in [2.05, 4.69) is 46.9 Å². The summed E-state index contributed by atoms with van der Waals surface area (Å²) in [5, 5.41) is 26.0. The molecule has 52 heavy (non-hydrogen) atoms. The Hall–Kier alpha value is -2.22. The number of rotatable bonds is 10. The summed E-state index contributed by atoms with van der Waals surface area (Å²) >= 11 is 6.45. The van der Waals surface area contributed by atoms with Crippen LogP contribution in [0.5, 0.6) is 0 Å². The largest absolute Gasteiger partial charge is 0.481 e. The Labute approximate surface area is 316 Å². The zero-order valence-corrected chi connectivity index (χ0v) is 33.5.